The molecule has 1 saturated carbocycles. The molecular formula is C45H55FN10O5. The van der Waals surface area contributed by atoms with Gasteiger partial charge >= 0.3 is 0 Å². The third kappa shape index (κ3) is 8.00. The second-order valence-corrected chi connectivity index (χ2v) is 18.3. The van der Waals surface area contributed by atoms with Crippen LogP contribution in [0.1, 0.15) is 74.2 Å². The minimum absolute atomic E-state index is 0.0563. The number of piperazine rings is 1. The number of nitrogens with one attached hydrogen (secondary N) is 2. The molecule has 0 spiro atoms. The molecule has 5 aliphatic heterocycles. The number of alkyl halides is 1. The number of benzene rings is 2. The van der Waals surface area contributed by atoms with Crippen molar-refractivity contribution in [3.63, 3.8) is 0 Å². The summed E-state index contributed by atoms with van der Waals surface area (Å²) >= 11 is 0. The highest BCUT2D eigenvalue weighted by molar-refractivity contribution is 6.06. The number of carbonyl (C=O) groups excluding carboxylic acids is 3. The molecule has 10 rings (SSSR count). The first-order valence-electron chi connectivity index (χ1n) is 22.0. The standard InChI is InChI=1S/C45H55FN10O5/c1-44(11-12-44)61-30-3-5-34-32(23-30)40(51-50-34)35-24-38(48-28-47-35)55-15-9-29(10-16-55)25-52-17-13-45(46,14-18-52)27-53-19-21-54(22-20-53)36-6-4-31-33(41(36)60-2)26-56(43(31)59)37-7-8-39(57)49-42(37)58/h3-6,23-24,28-29,37H,7-22,25-27H2,1-2H3,(H,50,51)(H,49,57,58). The molecule has 1 aliphatic carbocycles. The van der Waals surface area contributed by atoms with E-state index >= 15 is 4.39 Å². The van der Waals surface area contributed by atoms with E-state index in [9.17, 15) is 14.4 Å². The highest BCUT2D eigenvalue weighted by Gasteiger charge is 2.43. The number of amides is 3. The summed E-state index contributed by atoms with van der Waals surface area (Å²) in [5, 5.41) is 11.1. The number of halogens is 1. The summed E-state index contributed by atoms with van der Waals surface area (Å²) in [7, 11) is 1.61. The summed E-state index contributed by atoms with van der Waals surface area (Å²) in [6, 6.07) is 11.2. The van der Waals surface area contributed by atoms with Gasteiger partial charge in [-0.1, -0.05) is 0 Å². The smallest absolute Gasteiger partial charge is 0.255 e. The van der Waals surface area contributed by atoms with E-state index in [-0.39, 0.29) is 30.4 Å². The number of aromatic nitrogens is 4. The Bertz CT molecular complexity index is 2330. The van der Waals surface area contributed by atoms with Gasteiger partial charge in [0, 0.05) is 94.4 Å². The second kappa shape index (κ2) is 15.8. The lowest BCUT2D eigenvalue weighted by Gasteiger charge is -2.43. The van der Waals surface area contributed by atoms with Crippen molar-refractivity contribution in [2.45, 2.75) is 82.1 Å². The third-order valence-corrected chi connectivity index (χ3v) is 14.0. The van der Waals surface area contributed by atoms with Crippen molar-refractivity contribution in [1.29, 1.82) is 0 Å². The SMILES string of the molecule is COc1c(N2CCN(CC3(F)CCN(CC4CCN(c5cc(-c6[nH]nc7ccc(OC8(C)CC8)cc67)ncn5)CC4)CC3)CC2)ccc2c1CN(C1CCC(=O)NC1=O)C2=O. The average Bonchev–Trinajstić information content (AvgIpc) is 3.68. The van der Waals surface area contributed by atoms with E-state index in [0.717, 1.165) is 117 Å². The van der Waals surface area contributed by atoms with Gasteiger partial charge in [-0.15, -0.1) is 0 Å². The normalized spacial score (nSPS) is 23.4. The Kier molecular flexibility index (Phi) is 10.3. The van der Waals surface area contributed by atoms with Gasteiger partial charge in [-0.3, -0.25) is 29.7 Å². The number of aromatic amines is 1. The van der Waals surface area contributed by atoms with Crippen LogP contribution in [0.5, 0.6) is 11.5 Å². The van der Waals surface area contributed by atoms with E-state index in [2.05, 4.69) is 64.1 Å². The summed E-state index contributed by atoms with van der Waals surface area (Å²) in [6.45, 7) is 10.1. The quantitative estimate of drug-likeness (QED) is 0.204. The average molecular weight is 835 g/mol. The van der Waals surface area contributed by atoms with Gasteiger partial charge in [-0.05, 0) is 88.1 Å². The van der Waals surface area contributed by atoms with Gasteiger partial charge in [0.15, 0.2) is 0 Å². The summed E-state index contributed by atoms with van der Waals surface area (Å²) in [6.07, 6.45) is 7.53. The molecule has 7 heterocycles. The Morgan fingerprint density at radius 2 is 1.66 bits per heavy atom. The predicted octanol–water partition coefficient (Wildman–Crippen LogP) is 4.56. The zero-order valence-electron chi connectivity index (χ0n) is 35.1. The first-order valence-corrected chi connectivity index (χ1v) is 22.0. The van der Waals surface area contributed by atoms with Crippen LogP contribution in [0.2, 0.25) is 0 Å². The number of rotatable bonds is 11. The summed E-state index contributed by atoms with van der Waals surface area (Å²) in [4.78, 5) is 57.8. The molecule has 2 aromatic heterocycles. The summed E-state index contributed by atoms with van der Waals surface area (Å²) in [5.74, 6) is 2.02. The van der Waals surface area contributed by atoms with Crippen molar-refractivity contribution in [3.05, 3.63) is 53.9 Å². The van der Waals surface area contributed by atoms with E-state index in [0.29, 0.717) is 56.1 Å². The topological polar surface area (TPSA) is 152 Å². The monoisotopic (exact) mass is 834 g/mol. The molecule has 0 bridgehead atoms. The van der Waals surface area contributed by atoms with Gasteiger partial charge in [0.05, 0.1) is 36.2 Å². The molecule has 4 aromatic rings. The molecular weight excluding hydrogens is 780 g/mol. The molecule has 2 N–H and O–H groups in total. The number of fused-ring (bicyclic) bond motifs is 2. The fraction of sp³-hybridized carbons (Fsp3) is 0.556. The molecule has 1 atom stereocenters. The summed E-state index contributed by atoms with van der Waals surface area (Å²) in [5.41, 5.74) is 3.49. The maximum Gasteiger partial charge on any atom is 0.255 e. The molecule has 4 saturated heterocycles. The van der Waals surface area contributed by atoms with Crippen molar-refractivity contribution in [3.8, 4) is 22.9 Å². The number of ether oxygens (including phenoxy) is 2. The predicted molar refractivity (Wildman–Crippen MR) is 228 cm³/mol. The van der Waals surface area contributed by atoms with Crippen LogP contribution in [0.15, 0.2) is 42.7 Å². The largest absolute Gasteiger partial charge is 0.494 e. The summed E-state index contributed by atoms with van der Waals surface area (Å²) < 4.78 is 28.5. The zero-order valence-corrected chi connectivity index (χ0v) is 35.1. The maximum absolute atomic E-state index is 16.4. The number of carbonyl (C=O) groups is 3. The van der Waals surface area contributed by atoms with Crippen LogP contribution in [0, 0.1) is 5.92 Å². The molecule has 6 aliphatic rings. The lowest BCUT2D eigenvalue weighted by molar-refractivity contribution is -0.136. The molecule has 5 fully saturated rings. The molecule has 61 heavy (non-hydrogen) atoms. The molecule has 1 unspecified atom stereocenters. The number of anilines is 2. The highest BCUT2D eigenvalue weighted by Crippen LogP contribution is 2.42. The van der Waals surface area contributed by atoms with Crippen molar-refractivity contribution in [2.75, 3.05) is 82.4 Å². The molecule has 2 aromatic carbocycles. The van der Waals surface area contributed by atoms with Gasteiger partial charge < -0.3 is 29.1 Å². The van der Waals surface area contributed by atoms with Gasteiger partial charge in [0.1, 0.15) is 41.0 Å². The molecule has 16 heteroatoms. The Labute approximate surface area is 354 Å². The minimum Gasteiger partial charge on any atom is -0.494 e. The number of hydrogen-bond donors (Lipinski definition) is 2. The van der Waals surface area contributed by atoms with Crippen LogP contribution in [-0.4, -0.2) is 142 Å². The van der Waals surface area contributed by atoms with Gasteiger partial charge in [-0.25, -0.2) is 14.4 Å². The van der Waals surface area contributed by atoms with E-state index in [4.69, 9.17) is 9.47 Å². The first-order chi connectivity index (χ1) is 29.5. The van der Waals surface area contributed by atoms with E-state index in [1.54, 1.807) is 18.3 Å². The second-order valence-electron chi connectivity index (χ2n) is 18.3. The number of methoxy groups -OCH3 is 1. The highest BCUT2D eigenvalue weighted by atomic mass is 19.1. The van der Waals surface area contributed by atoms with Crippen LogP contribution in [-0.2, 0) is 16.1 Å². The Morgan fingerprint density at radius 3 is 2.39 bits per heavy atom. The van der Waals surface area contributed by atoms with Crippen LogP contribution >= 0.6 is 0 Å². The third-order valence-electron chi connectivity index (χ3n) is 14.0. The number of nitrogens with zero attached hydrogens (tertiary/aromatic N) is 8. The Balaban J connectivity index is 0.686. The van der Waals surface area contributed by atoms with Crippen LogP contribution in [0.3, 0.4) is 0 Å². The van der Waals surface area contributed by atoms with Crippen molar-refractivity contribution in [1.82, 2.24) is 40.2 Å². The Hall–Kier alpha value is -5.35. The van der Waals surface area contributed by atoms with Crippen LogP contribution < -0.4 is 24.6 Å². The number of piperidine rings is 3. The molecule has 322 valence electrons. The lowest BCUT2D eigenvalue weighted by Crippen LogP contribution is -2.54. The fourth-order valence-corrected chi connectivity index (χ4v) is 10.1. The Morgan fingerprint density at radius 1 is 0.869 bits per heavy atom. The maximum atomic E-state index is 16.4. The first kappa shape index (κ1) is 39.8. The van der Waals surface area contributed by atoms with Crippen molar-refractivity contribution < 1.29 is 28.2 Å². The van der Waals surface area contributed by atoms with Gasteiger partial charge in [0.25, 0.3) is 5.91 Å². The molecule has 15 nitrogen and oxygen atoms in total. The van der Waals surface area contributed by atoms with E-state index in [1.807, 2.05) is 24.3 Å². The van der Waals surface area contributed by atoms with Crippen molar-refractivity contribution in [2.24, 2.45) is 5.92 Å². The molecule has 0 radical (unpaired) electrons. The molecule has 3 amide bonds. The van der Waals surface area contributed by atoms with Gasteiger partial charge in [0.2, 0.25) is 11.8 Å². The number of imide groups is 1. The number of hydrogen-bond acceptors (Lipinski definition) is 12. The van der Waals surface area contributed by atoms with E-state index in [1.165, 1.54) is 0 Å². The van der Waals surface area contributed by atoms with Crippen LogP contribution in [0.25, 0.3) is 22.3 Å². The fourth-order valence-electron chi connectivity index (χ4n) is 10.1. The van der Waals surface area contributed by atoms with Gasteiger partial charge in [-0.2, -0.15) is 5.10 Å². The lowest BCUT2D eigenvalue weighted by atomic mass is 9.90. The minimum atomic E-state index is -1.21. The van der Waals surface area contributed by atoms with Crippen molar-refractivity contribution >= 4 is 40.1 Å². The zero-order chi connectivity index (χ0) is 41.9. The van der Waals surface area contributed by atoms with Crippen LogP contribution in [0.4, 0.5) is 15.9 Å². The number of likely N-dealkylation sites (tertiary alicyclic amines) is 1. The number of H-pyrrole nitrogens is 1. The van der Waals surface area contributed by atoms with E-state index < -0.39 is 17.6 Å².